The first-order chi connectivity index (χ1) is 8.54. The van der Waals surface area contributed by atoms with Crippen molar-refractivity contribution in [1.82, 2.24) is 5.32 Å². The van der Waals surface area contributed by atoms with E-state index in [1.807, 2.05) is 0 Å². The molecule has 3 atom stereocenters. The molecule has 0 bridgehead atoms. The van der Waals surface area contributed by atoms with Crippen LogP contribution < -0.4 is 10.1 Å². The lowest BCUT2D eigenvalue weighted by atomic mass is 10.1. The topological polar surface area (TPSA) is 21.3 Å². The number of hydrogen-bond donors (Lipinski definition) is 1. The highest BCUT2D eigenvalue weighted by Crippen LogP contribution is 2.29. The molecular weight excluding hydrogens is 297 g/mol. The van der Waals surface area contributed by atoms with Gasteiger partial charge in [0.1, 0.15) is 17.7 Å². The predicted molar refractivity (Wildman–Crippen MR) is 75.0 cm³/mol. The summed E-state index contributed by atoms with van der Waals surface area (Å²) in [6.07, 6.45) is 1.99. The molecule has 0 fully saturated rings. The summed E-state index contributed by atoms with van der Waals surface area (Å²) in [5.74, 6) is 0.636. The Balaban J connectivity index is 1.81. The summed E-state index contributed by atoms with van der Waals surface area (Å²) >= 11 is 3.55. The fourth-order valence-corrected chi connectivity index (χ4v) is 2.87. The van der Waals surface area contributed by atoms with Crippen molar-refractivity contribution < 1.29 is 9.13 Å². The zero-order valence-electron chi connectivity index (χ0n) is 10.7. The van der Waals surface area contributed by atoms with Gasteiger partial charge in [0.25, 0.3) is 0 Å². The summed E-state index contributed by atoms with van der Waals surface area (Å²) in [5, 5.41) is 3.46. The highest BCUT2D eigenvalue weighted by molar-refractivity contribution is 9.09. The van der Waals surface area contributed by atoms with Crippen LogP contribution in [0.2, 0.25) is 0 Å². The van der Waals surface area contributed by atoms with E-state index in [2.05, 4.69) is 35.1 Å². The normalized spacial score (nSPS) is 21.2. The van der Waals surface area contributed by atoms with Crippen molar-refractivity contribution in [1.29, 1.82) is 0 Å². The average molecular weight is 316 g/mol. The molecule has 1 aromatic carbocycles. The van der Waals surface area contributed by atoms with Gasteiger partial charge in [-0.15, -0.1) is 0 Å². The fourth-order valence-electron chi connectivity index (χ4n) is 2.31. The summed E-state index contributed by atoms with van der Waals surface area (Å²) in [5.41, 5.74) is 0.975. The molecule has 1 heterocycles. The molecule has 0 spiro atoms. The Kier molecular flexibility index (Phi) is 4.62. The first-order valence-corrected chi connectivity index (χ1v) is 7.28. The number of alkyl halides is 1. The van der Waals surface area contributed by atoms with Crippen molar-refractivity contribution >= 4 is 15.9 Å². The van der Waals surface area contributed by atoms with Gasteiger partial charge in [-0.2, -0.15) is 0 Å². The number of halogens is 2. The molecule has 4 heteroatoms. The molecule has 100 valence electrons. The molecule has 0 amide bonds. The van der Waals surface area contributed by atoms with Crippen molar-refractivity contribution in [2.45, 2.75) is 43.7 Å². The van der Waals surface area contributed by atoms with Crippen LogP contribution in [0.3, 0.4) is 0 Å². The minimum absolute atomic E-state index is 0.120. The molecule has 1 aliphatic rings. The Morgan fingerprint density at radius 1 is 1.50 bits per heavy atom. The molecule has 2 nitrogen and oxygen atoms in total. The van der Waals surface area contributed by atoms with Crippen LogP contribution in [0.1, 0.15) is 25.8 Å². The van der Waals surface area contributed by atoms with Crippen molar-refractivity contribution in [3.63, 3.8) is 0 Å². The van der Waals surface area contributed by atoms with Crippen LogP contribution in [0.25, 0.3) is 0 Å². The summed E-state index contributed by atoms with van der Waals surface area (Å²) in [6, 6.07) is 5.18. The second kappa shape index (κ2) is 6.02. The number of rotatable bonds is 5. The molecule has 0 aromatic heterocycles. The molecule has 1 aromatic rings. The van der Waals surface area contributed by atoms with Gasteiger partial charge in [0.15, 0.2) is 0 Å². The van der Waals surface area contributed by atoms with Gasteiger partial charge in [0.2, 0.25) is 0 Å². The number of fused-ring (bicyclic) bond motifs is 1. The smallest absolute Gasteiger partial charge is 0.123 e. The largest absolute Gasteiger partial charge is 0.488 e. The standard InChI is InChI=1S/C14H19BrFNO/c1-9(15)5-10(2)17-8-13-7-11-6-12(16)3-4-14(11)18-13/h3-4,6,9-10,13,17H,5,7-8H2,1-2H3. The molecule has 0 saturated heterocycles. The van der Waals surface area contributed by atoms with E-state index in [9.17, 15) is 4.39 Å². The Labute approximate surface area is 116 Å². The van der Waals surface area contributed by atoms with Crippen LogP contribution in [0.5, 0.6) is 5.75 Å². The van der Waals surface area contributed by atoms with E-state index >= 15 is 0 Å². The van der Waals surface area contributed by atoms with Gasteiger partial charge in [-0.3, -0.25) is 0 Å². The Morgan fingerprint density at radius 2 is 2.28 bits per heavy atom. The van der Waals surface area contributed by atoms with Gasteiger partial charge in [-0.25, -0.2) is 4.39 Å². The van der Waals surface area contributed by atoms with E-state index < -0.39 is 0 Å². The van der Waals surface area contributed by atoms with Crippen LogP contribution in [0, 0.1) is 5.82 Å². The first-order valence-electron chi connectivity index (χ1n) is 6.37. The molecule has 1 N–H and O–H groups in total. The molecule has 0 saturated carbocycles. The van der Waals surface area contributed by atoms with E-state index in [0.717, 1.165) is 30.7 Å². The summed E-state index contributed by atoms with van der Waals surface area (Å²) in [4.78, 5) is 0.510. The van der Waals surface area contributed by atoms with E-state index in [-0.39, 0.29) is 11.9 Å². The third kappa shape index (κ3) is 3.69. The van der Waals surface area contributed by atoms with E-state index in [1.54, 1.807) is 12.1 Å². The molecule has 0 aliphatic carbocycles. The zero-order valence-corrected chi connectivity index (χ0v) is 12.3. The minimum Gasteiger partial charge on any atom is -0.488 e. The van der Waals surface area contributed by atoms with E-state index in [0.29, 0.717) is 10.9 Å². The summed E-state index contributed by atoms with van der Waals surface area (Å²) in [7, 11) is 0. The monoisotopic (exact) mass is 315 g/mol. The Hall–Kier alpha value is -0.610. The number of hydrogen-bond acceptors (Lipinski definition) is 2. The lowest BCUT2D eigenvalue weighted by Crippen LogP contribution is -2.36. The third-order valence-corrected chi connectivity index (χ3v) is 3.51. The van der Waals surface area contributed by atoms with Crippen LogP contribution in [-0.2, 0) is 6.42 Å². The lowest BCUT2D eigenvalue weighted by molar-refractivity contribution is 0.221. The summed E-state index contributed by atoms with van der Waals surface area (Å²) in [6.45, 7) is 5.11. The van der Waals surface area contributed by atoms with Crippen molar-refractivity contribution in [3.8, 4) is 5.75 Å². The fraction of sp³-hybridized carbons (Fsp3) is 0.571. The van der Waals surface area contributed by atoms with E-state index in [4.69, 9.17) is 4.74 Å². The van der Waals surface area contributed by atoms with Gasteiger partial charge in [0.05, 0.1) is 0 Å². The maximum atomic E-state index is 13.1. The van der Waals surface area contributed by atoms with Crippen LogP contribution in [-0.4, -0.2) is 23.5 Å². The average Bonchev–Trinajstić information content (AvgIpc) is 2.67. The van der Waals surface area contributed by atoms with Gasteiger partial charge in [0, 0.05) is 29.4 Å². The molecule has 18 heavy (non-hydrogen) atoms. The van der Waals surface area contributed by atoms with Crippen molar-refractivity contribution in [3.05, 3.63) is 29.6 Å². The van der Waals surface area contributed by atoms with Crippen molar-refractivity contribution in [2.75, 3.05) is 6.54 Å². The Morgan fingerprint density at radius 3 is 3.00 bits per heavy atom. The second-order valence-electron chi connectivity index (χ2n) is 5.02. The molecule has 1 aliphatic heterocycles. The van der Waals surface area contributed by atoms with Crippen LogP contribution in [0.4, 0.5) is 4.39 Å². The summed E-state index contributed by atoms with van der Waals surface area (Å²) < 4.78 is 18.8. The SMILES string of the molecule is CC(Br)CC(C)NCC1Cc2cc(F)ccc2O1. The highest BCUT2D eigenvalue weighted by atomic mass is 79.9. The van der Waals surface area contributed by atoms with Gasteiger partial charge in [-0.1, -0.05) is 22.9 Å². The van der Waals surface area contributed by atoms with Crippen molar-refractivity contribution in [2.24, 2.45) is 0 Å². The number of ether oxygens (including phenoxy) is 1. The first kappa shape index (κ1) is 13.8. The predicted octanol–water partition coefficient (Wildman–Crippen LogP) is 3.28. The molecular formula is C14H19BrFNO. The minimum atomic E-state index is -0.188. The second-order valence-corrected chi connectivity index (χ2v) is 6.58. The van der Waals surface area contributed by atoms with E-state index in [1.165, 1.54) is 6.07 Å². The zero-order chi connectivity index (χ0) is 13.1. The maximum absolute atomic E-state index is 13.1. The Bertz CT molecular complexity index is 411. The van der Waals surface area contributed by atoms with Gasteiger partial charge in [-0.05, 0) is 31.5 Å². The maximum Gasteiger partial charge on any atom is 0.123 e. The highest BCUT2D eigenvalue weighted by Gasteiger charge is 2.23. The molecule has 3 unspecified atom stereocenters. The van der Waals surface area contributed by atoms with Crippen LogP contribution >= 0.6 is 15.9 Å². The quantitative estimate of drug-likeness (QED) is 0.842. The lowest BCUT2D eigenvalue weighted by Gasteiger charge is -2.18. The number of nitrogens with one attached hydrogen (secondary N) is 1. The number of benzene rings is 1. The molecule has 2 rings (SSSR count). The van der Waals surface area contributed by atoms with Gasteiger partial charge >= 0.3 is 0 Å². The molecule has 0 radical (unpaired) electrons. The van der Waals surface area contributed by atoms with Crippen LogP contribution in [0.15, 0.2) is 18.2 Å². The third-order valence-electron chi connectivity index (χ3n) is 3.14. The van der Waals surface area contributed by atoms with Gasteiger partial charge < -0.3 is 10.1 Å².